The van der Waals surface area contributed by atoms with E-state index in [1.54, 1.807) is 60.7 Å². The molecule has 0 saturated carbocycles. The second kappa shape index (κ2) is 16.4. The minimum absolute atomic E-state index is 0.116. The van der Waals surface area contributed by atoms with Crippen molar-refractivity contribution in [1.82, 2.24) is 4.90 Å². The zero-order chi connectivity index (χ0) is 50.7. The molecule has 356 valence electrons. The van der Waals surface area contributed by atoms with Gasteiger partial charge in [0.1, 0.15) is 34.5 Å². The van der Waals surface area contributed by atoms with Crippen LogP contribution in [0.3, 0.4) is 0 Å². The third kappa shape index (κ3) is 6.92. The van der Waals surface area contributed by atoms with Crippen molar-refractivity contribution < 1.29 is 38.9 Å². The molecule has 0 spiro atoms. The van der Waals surface area contributed by atoms with Crippen molar-refractivity contribution in [2.45, 2.75) is 59.3 Å². The summed E-state index contributed by atoms with van der Waals surface area (Å²) in [6.45, 7) is 14.3. The molecule has 0 saturated heterocycles. The summed E-state index contributed by atoms with van der Waals surface area (Å²) < 4.78 is 12.4. The van der Waals surface area contributed by atoms with Gasteiger partial charge >= 0.3 is 0 Å². The first-order chi connectivity index (χ1) is 34.4. The largest absolute Gasteiger partial charge is 0.508 e. The van der Waals surface area contributed by atoms with Gasteiger partial charge in [0.05, 0.1) is 33.4 Å². The third-order valence-corrected chi connectivity index (χ3v) is 15.2. The molecular weight excluding hydrogens is 901 g/mol. The number of benzene rings is 8. The van der Waals surface area contributed by atoms with E-state index in [-0.39, 0.29) is 34.4 Å². The normalized spacial score (nSPS) is 14.4. The summed E-state index contributed by atoms with van der Waals surface area (Å²) in [5, 5.41) is 22.1. The van der Waals surface area contributed by atoms with Crippen molar-refractivity contribution in [2.75, 3.05) is 11.9 Å². The van der Waals surface area contributed by atoms with E-state index < -0.39 is 22.6 Å². The van der Waals surface area contributed by atoms with Crippen LogP contribution in [0.5, 0.6) is 34.5 Å². The minimum Gasteiger partial charge on any atom is -0.508 e. The second-order valence-corrected chi connectivity index (χ2v) is 19.8. The van der Waals surface area contributed by atoms with E-state index in [0.29, 0.717) is 50.9 Å². The van der Waals surface area contributed by atoms with Crippen LogP contribution in [0, 0.1) is 34.6 Å². The first-order valence-electron chi connectivity index (χ1n) is 23.8. The highest BCUT2D eigenvalue weighted by Gasteiger charge is 2.48. The molecule has 8 aromatic carbocycles. The fourth-order valence-electron chi connectivity index (χ4n) is 11.1. The summed E-state index contributed by atoms with van der Waals surface area (Å²) >= 11 is 0. The lowest BCUT2D eigenvalue weighted by Crippen LogP contribution is -2.32. The van der Waals surface area contributed by atoms with Crippen LogP contribution >= 0.6 is 0 Å². The van der Waals surface area contributed by atoms with E-state index in [1.807, 2.05) is 86.6 Å². The Kier molecular flexibility index (Phi) is 10.4. The minimum atomic E-state index is -0.972. The number of imide groups is 2. The number of anilines is 1. The molecule has 4 amide bonds. The molecule has 0 bridgehead atoms. The summed E-state index contributed by atoms with van der Waals surface area (Å²) in [5.41, 5.74) is 12.6. The van der Waals surface area contributed by atoms with Gasteiger partial charge in [0, 0.05) is 12.5 Å². The number of amides is 4. The van der Waals surface area contributed by atoms with Gasteiger partial charge in [-0.1, -0.05) is 74.5 Å². The number of rotatable bonds is 9. The van der Waals surface area contributed by atoms with Crippen LogP contribution in [-0.4, -0.2) is 45.8 Å². The summed E-state index contributed by atoms with van der Waals surface area (Å²) in [6.07, 6.45) is 0. The zero-order valence-electron chi connectivity index (χ0n) is 41.1. The smallest absolute Gasteiger partial charge is 0.266 e. The number of aryl methyl sites for hydroxylation is 4. The highest BCUT2D eigenvalue weighted by molar-refractivity contribution is 6.35. The molecule has 3 aliphatic rings. The molecule has 10 heteroatoms. The van der Waals surface area contributed by atoms with Gasteiger partial charge in [-0.25, -0.2) is 4.90 Å². The molecule has 2 heterocycles. The Labute approximate surface area is 417 Å². The number of fused-ring (bicyclic) bond motifs is 5. The highest BCUT2D eigenvalue weighted by Crippen LogP contribution is 2.58. The molecule has 10 nitrogen and oxygen atoms in total. The van der Waals surface area contributed by atoms with Crippen molar-refractivity contribution in [2.24, 2.45) is 0 Å². The molecule has 0 radical (unpaired) electrons. The first kappa shape index (κ1) is 45.7. The maximum absolute atomic E-state index is 14.5. The molecular formula is C62H50N2O8. The number of carbonyl (C=O) groups excluding carboxylic acids is 4. The summed E-state index contributed by atoms with van der Waals surface area (Å²) in [4.78, 5) is 56.0. The number of carbonyl (C=O) groups is 4. The van der Waals surface area contributed by atoms with Crippen molar-refractivity contribution in [1.29, 1.82) is 0 Å². The van der Waals surface area contributed by atoms with Gasteiger partial charge in [-0.15, -0.1) is 0 Å². The van der Waals surface area contributed by atoms with Crippen LogP contribution in [0.1, 0.15) is 116 Å². The monoisotopic (exact) mass is 950 g/mol. The summed E-state index contributed by atoms with van der Waals surface area (Å²) in [7, 11) is 1.46. The fraction of sp³-hybridized carbons (Fsp3) is 0.161. The average molecular weight is 951 g/mol. The molecule has 1 aliphatic carbocycles. The van der Waals surface area contributed by atoms with Gasteiger partial charge in [0.2, 0.25) is 0 Å². The number of phenolic OH excluding ortho intramolecular Hbond substituents is 2. The van der Waals surface area contributed by atoms with Crippen LogP contribution in [0.4, 0.5) is 5.69 Å². The molecule has 8 aromatic rings. The number of hydrogen-bond donors (Lipinski definition) is 2. The lowest BCUT2D eigenvalue weighted by atomic mass is 9.66. The predicted octanol–water partition coefficient (Wildman–Crippen LogP) is 12.9. The molecule has 0 aromatic heterocycles. The number of aromatic hydroxyl groups is 2. The topological polar surface area (TPSA) is 134 Å². The van der Waals surface area contributed by atoms with Crippen molar-refractivity contribution in [3.8, 4) is 45.6 Å². The van der Waals surface area contributed by atoms with E-state index in [9.17, 15) is 29.4 Å². The number of hydrogen-bond acceptors (Lipinski definition) is 8. The van der Waals surface area contributed by atoms with Gasteiger partial charge in [0.15, 0.2) is 0 Å². The van der Waals surface area contributed by atoms with Crippen molar-refractivity contribution in [3.05, 3.63) is 229 Å². The van der Waals surface area contributed by atoms with Crippen LogP contribution in [-0.2, 0) is 10.8 Å². The van der Waals surface area contributed by atoms with Gasteiger partial charge in [0.25, 0.3) is 23.6 Å². The van der Waals surface area contributed by atoms with Crippen LogP contribution in [0.15, 0.2) is 146 Å². The average Bonchev–Trinajstić information content (AvgIpc) is 3.86. The summed E-state index contributed by atoms with van der Waals surface area (Å²) in [6, 6.07) is 44.6. The Morgan fingerprint density at radius 3 is 1.28 bits per heavy atom. The van der Waals surface area contributed by atoms with Crippen LogP contribution in [0.25, 0.3) is 11.1 Å². The van der Waals surface area contributed by atoms with Gasteiger partial charge in [-0.05, 0) is 192 Å². The van der Waals surface area contributed by atoms with Gasteiger partial charge in [-0.2, -0.15) is 0 Å². The molecule has 0 fully saturated rings. The van der Waals surface area contributed by atoms with E-state index in [2.05, 4.69) is 46.8 Å². The maximum atomic E-state index is 14.5. The SMILES string of the molecule is Cc1cc(C2(c3cc(C)c(N4C(=O)c5ccc(Oc6ccc(C(C)(C)c7ccc(Oc8ccc9c(c8)C(=O)N(C)C9=O)cc7)cc6)cc5C4=O)c(C)c3)c3cc(O)ccc3-c3ccc(O)cc32)cc(C)c1C. The van der Waals surface area contributed by atoms with E-state index in [4.69, 9.17) is 9.47 Å². The number of ether oxygens (including phenoxy) is 2. The standard InChI is InChI=1S/C62H50N2O8/c1-33-25-40(26-34(2)37(33)5)62(54-29-42(65)13-21-48(54)49-22-14-43(66)30-55(49)62)41-27-35(3)56(36(4)28-41)64-59(69)51-24-20-47(32-53(51)60(64)70)72-45-17-11-39(12-18-45)61(6,7)38-9-15-44(16-10-38)71-46-19-23-50-52(31-46)58(68)63(8)57(50)67/h9-32,65-66H,1-8H3. The lowest BCUT2D eigenvalue weighted by molar-refractivity contribution is 0.0692. The Morgan fingerprint density at radius 2 is 0.806 bits per heavy atom. The maximum Gasteiger partial charge on any atom is 0.266 e. The van der Waals surface area contributed by atoms with Crippen molar-refractivity contribution >= 4 is 29.3 Å². The Balaban J connectivity index is 0.853. The quantitative estimate of drug-likeness (QED) is 0.137. The Bertz CT molecular complexity index is 3580. The number of nitrogens with zero attached hydrogens (tertiary/aromatic N) is 2. The zero-order valence-corrected chi connectivity index (χ0v) is 41.1. The Hall–Kier alpha value is -8.76. The second-order valence-electron chi connectivity index (χ2n) is 19.8. The summed E-state index contributed by atoms with van der Waals surface area (Å²) in [5.74, 6) is 0.682. The molecule has 0 unspecified atom stereocenters. The highest BCUT2D eigenvalue weighted by atomic mass is 16.5. The fourth-order valence-corrected chi connectivity index (χ4v) is 11.1. The predicted molar refractivity (Wildman–Crippen MR) is 276 cm³/mol. The lowest BCUT2D eigenvalue weighted by Gasteiger charge is -2.36. The molecule has 2 N–H and O–H groups in total. The third-order valence-electron chi connectivity index (χ3n) is 15.2. The molecule has 0 atom stereocenters. The van der Waals surface area contributed by atoms with E-state index in [0.717, 1.165) is 60.5 Å². The van der Waals surface area contributed by atoms with E-state index >= 15 is 0 Å². The molecule has 72 heavy (non-hydrogen) atoms. The van der Waals surface area contributed by atoms with Gasteiger partial charge < -0.3 is 19.7 Å². The van der Waals surface area contributed by atoms with Gasteiger partial charge in [-0.3, -0.25) is 24.1 Å². The van der Waals surface area contributed by atoms with Crippen molar-refractivity contribution in [3.63, 3.8) is 0 Å². The number of phenols is 2. The van der Waals surface area contributed by atoms with E-state index in [1.165, 1.54) is 17.5 Å². The Morgan fingerprint density at radius 1 is 0.431 bits per heavy atom. The molecule has 2 aliphatic heterocycles. The first-order valence-corrected chi connectivity index (χ1v) is 23.8. The van der Waals surface area contributed by atoms with Crippen LogP contribution < -0.4 is 14.4 Å². The van der Waals surface area contributed by atoms with Crippen LogP contribution in [0.2, 0.25) is 0 Å². The molecule has 11 rings (SSSR count).